The molecule has 0 saturated carbocycles. The first-order chi connectivity index (χ1) is 10.1. The number of aromatic nitrogens is 1. The molecule has 1 aromatic carbocycles. The number of rotatable bonds is 3. The molecule has 3 rings (SSSR count). The Labute approximate surface area is 122 Å². The van der Waals surface area contributed by atoms with E-state index in [1.54, 1.807) is 17.9 Å². The molecule has 0 bridgehead atoms. The maximum atomic E-state index is 12.0. The van der Waals surface area contributed by atoms with Crippen molar-refractivity contribution >= 4 is 5.97 Å². The van der Waals surface area contributed by atoms with Gasteiger partial charge in [0.1, 0.15) is 5.75 Å². The summed E-state index contributed by atoms with van der Waals surface area (Å²) >= 11 is 0. The van der Waals surface area contributed by atoms with Crippen LogP contribution in [0.1, 0.15) is 23.6 Å². The predicted molar refractivity (Wildman–Crippen MR) is 76.1 cm³/mol. The Hall–Kier alpha value is -2.27. The maximum Gasteiger partial charge on any atom is 0.359 e. The second kappa shape index (κ2) is 4.93. The number of esters is 1. The van der Waals surface area contributed by atoms with Crippen LogP contribution in [0.25, 0.3) is 0 Å². The molecule has 0 spiro atoms. The number of aliphatic hydroxyl groups is 1. The first-order valence-corrected chi connectivity index (χ1v) is 6.72. The van der Waals surface area contributed by atoms with Crippen LogP contribution in [0.5, 0.6) is 5.75 Å². The molecule has 1 aliphatic rings. The minimum atomic E-state index is -1.64. The van der Waals surface area contributed by atoms with Crippen LogP contribution in [-0.2, 0) is 15.3 Å². The van der Waals surface area contributed by atoms with Crippen molar-refractivity contribution in [1.82, 2.24) is 4.57 Å². The van der Waals surface area contributed by atoms with Gasteiger partial charge >= 0.3 is 5.97 Å². The van der Waals surface area contributed by atoms with Crippen LogP contribution >= 0.6 is 0 Å². The third-order valence-corrected chi connectivity index (χ3v) is 4.06. The zero-order chi connectivity index (χ0) is 15.0. The molecule has 1 aromatic heterocycles. The zero-order valence-electron chi connectivity index (χ0n) is 11.9. The van der Waals surface area contributed by atoms with Gasteiger partial charge in [-0.25, -0.2) is 4.79 Å². The van der Waals surface area contributed by atoms with Gasteiger partial charge in [0.05, 0.1) is 14.2 Å². The normalized spacial score (nSPS) is 23.7. The lowest BCUT2D eigenvalue weighted by Gasteiger charge is -2.22. The van der Waals surface area contributed by atoms with Gasteiger partial charge in [-0.2, -0.15) is 0 Å². The Morgan fingerprint density at radius 1 is 1.29 bits per heavy atom. The Bertz CT molecular complexity index is 661. The molecule has 2 aromatic rings. The summed E-state index contributed by atoms with van der Waals surface area (Å²) in [5.41, 5.74) is 0.279. The summed E-state index contributed by atoms with van der Waals surface area (Å²) in [5, 5.41) is 10.7. The van der Waals surface area contributed by atoms with Gasteiger partial charge in [-0.1, -0.05) is 12.1 Å². The molecule has 0 saturated heterocycles. The average Bonchev–Trinajstić information content (AvgIpc) is 3.10. The average molecular weight is 287 g/mol. The van der Waals surface area contributed by atoms with Gasteiger partial charge in [0.15, 0.2) is 0 Å². The van der Waals surface area contributed by atoms with Crippen LogP contribution in [-0.4, -0.2) is 29.9 Å². The number of hydrogen-bond donors (Lipinski definition) is 1. The van der Waals surface area contributed by atoms with E-state index in [9.17, 15) is 9.90 Å². The van der Waals surface area contributed by atoms with E-state index >= 15 is 0 Å². The van der Waals surface area contributed by atoms with Crippen molar-refractivity contribution in [2.45, 2.75) is 18.1 Å². The van der Waals surface area contributed by atoms with E-state index in [4.69, 9.17) is 9.47 Å². The SMILES string of the molecule is COC(=O)C1(O)CC(c2ccc(OC)cc2)c2cccn21. The molecule has 5 nitrogen and oxygen atoms in total. The molecule has 2 atom stereocenters. The van der Waals surface area contributed by atoms with Gasteiger partial charge in [0.25, 0.3) is 0 Å². The molecule has 110 valence electrons. The van der Waals surface area contributed by atoms with E-state index in [1.807, 2.05) is 36.4 Å². The molecule has 0 aliphatic carbocycles. The fourth-order valence-corrected chi connectivity index (χ4v) is 2.97. The Balaban J connectivity index is 2.01. The number of carbonyl (C=O) groups is 1. The van der Waals surface area contributed by atoms with E-state index in [0.717, 1.165) is 17.0 Å². The van der Waals surface area contributed by atoms with Gasteiger partial charge in [-0.3, -0.25) is 0 Å². The molecule has 2 unspecified atom stereocenters. The van der Waals surface area contributed by atoms with Gasteiger partial charge in [0, 0.05) is 24.2 Å². The first kappa shape index (κ1) is 13.7. The lowest BCUT2D eigenvalue weighted by molar-refractivity contribution is -0.173. The van der Waals surface area contributed by atoms with Crippen LogP contribution in [0.3, 0.4) is 0 Å². The minimum absolute atomic E-state index is 0.0602. The number of ether oxygens (including phenoxy) is 2. The standard InChI is InChI=1S/C16H17NO4/c1-20-12-7-5-11(6-8-12)13-10-16(19,15(18)21-2)17-9-3-4-14(13)17/h3-9,13,19H,10H2,1-2H3. The summed E-state index contributed by atoms with van der Waals surface area (Å²) in [5.74, 6) is 0.0707. The number of carbonyl (C=O) groups excluding carboxylic acids is 1. The molecule has 2 heterocycles. The Morgan fingerprint density at radius 2 is 2.00 bits per heavy atom. The first-order valence-electron chi connectivity index (χ1n) is 6.72. The molecule has 0 amide bonds. The lowest BCUT2D eigenvalue weighted by atomic mass is 9.91. The summed E-state index contributed by atoms with van der Waals surface area (Å²) in [6.07, 6.45) is 1.97. The van der Waals surface area contributed by atoms with Crippen molar-refractivity contribution in [2.75, 3.05) is 14.2 Å². The third-order valence-electron chi connectivity index (χ3n) is 4.06. The number of hydrogen-bond acceptors (Lipinski definition) is 4. The second-order valence-electron chi connectivity index (χ2n) is 5.14. The minimum Gasteiger partial charge on any atom is -0.497 e. The summed E-state index contributed by atoms with van der Waals surface area (Å²) < 4.78 is 11.5. The summed E-state index contributed by atoms with van der Waals surface area (Å²) in [6.45, 7) is 0. The quantitative estimate of drug-likeness (QED) is 0.875. The van der Waals surface area contributed by atoms with Crippen LogP contribution in [0.2, 0.25) is 0 Å². The molecule has 0 fully saturated rings. The summed E-state index contributed by atoms with van der Waals surface area (Å²) in [6, 6.07) is 11.4. The highest BCUT2D eigenvalue weighted by Crippen LogP contribution is 2.43. The zero-order valence-corrected chi connectivity index (χ0v) is 11.9. The van der Waals surface area contributed by atoms with Gasteiger partial charge < -0.3 is 19.1 Å². The van der Waals surface area contributed by atoms with E-state index in [2.05, 4.69) is 0 Å². The summed E-state index contributed by atoms with van der Waals surface area (Å²) in [4.78, 5) is 12.0. The van der Waals surface area contributed by atoms with Gasteiger partial charge in [-0.15, -0.1) is 0 Å². The topological polar surface area (TPSA) is 60.7 Å². The lowest BCUT2D eigenvalue weighted by Crippen LogP contribution is -2.39. The molecule has 21 heavy (non-hydrogen) atoms. The van der Waals surface area contributed by atoms with Gasteiger partial charge in [-0.05, 0) is 29.8 Å². The molecular weight excluding hydrogens is 270 g/mol. The second-order valence-corrected chi connectivity index (χ2v) is 5.14. The number of benzene rings is 1. The predicted octanol–water partition coefficient (Wildman–Crippen LogP) is 1.85. The number of fused-ring (bicyclic) bond motifs is 1. The number of methoxy groups -OCH3 is 2. The van der Waals surface area contributed by atoms with Crippen molar-refractivity contribution in [3.8, 4) is 5.75 Å². The third kappa shape index (κ3) is 2.01. The van der Waals surface area contributed by atoms with Crippen molar-refractivity contribution < 1.29 is 19.4 Å². The highest BCUT2D eigenvalue weighted by atomic mass is 16.5. The van der Waals surface area contributed by atoms with Gasteiger partial charge in [0.2, 0.25) is 5.72 Å². The number of nitrogens with zero attached hydrogens (tertiary/aromatic N) is 1. The molecular formula is C16H17NO4. The van der Waals surface area contributed by atoms with Crippen molar-refractivity contribution in [2.24, 2.45) is 0 Å². The van der Waals surface area contributed by atoms with Crippen LogP contribution < -0.4 is 4.74 Å². The monoisotopic (exact) mass is 287 g/mol. The largest absolute Gasteiger partial charge is 0.497 e. The fourth-order valence-electron chi connectivity index (χ4n) is 2.97. The van der Waals surface area contributed by atoms with Crippen LogP contribution in [0.15, 0.2) is 42.6 Å². The van der Waals surface area contributed by atoms with E-state index in [-0.39, 0.29) is 12.3 Å². The van der Waals surface area contributed by atoms with Crippen molar-refractivity contribution in [3.63, 3.8) is 0 Å². The van der Waals surface area contributed by atoms with E-state index in [1.165, 1.54) is 7.11 Å². The van der Waals surface area contributed by atoms with Crippen molar-refractivity contribution in [1.29, 1.82) is 0 Å². The summed E-state index contributed by atoms with van der Waals surface area (Å²) in [7, 11) is 2.90. The highest BCUT2D eigenvalue weighted by molar-refractivity contribution is 5.78. The maximum absolute atomic E-state index is 12.0. The van der Waals surface area contributed by atoms with E-state index < -0.39 is 11.7 Å². The molecule has 5 heteroatoms. The van der Waals surface area contributed by atoms with Crippen LogP contribution in [0, 0.1) is 0 Å². The van der Waals surface area contributed by atoms with Crippen molar-refractivity contribution in [3.05, 3.63) is 53.9 Å². The fraction of sp³-hybridized carbons (Fsp3) is 0.312. The highest BCUT2D eigenvalue weighted by Gasteiger charge is 2.49. The van der Waals surface area contributed by atoms with E-state index in [0.29, 0.717) is 0 Å². The Kier molecular flexibility index (Phi) is 3.22. The molecule has 1 N–H and O–H groups in total. The smallest absolute Gasteiger partial charge is 0.359 e. The van der Waals surface area contributed by atoms with Crippen LogP contribution in [0.4, 0.5) is 0 Å². The molecule has 1 aliphatic heterocycles. The Morgan fingerprint density at radius 3 is 2.62 bits per heavy atom. The molecule has 0 radical (unpaired) electrons.